The molecular formula is C31H38FN3O6S. The molecule has 1 N–H and O–H groups in total. The second kappa shape index (κ2) is 13.7. The fraction of sp³-hybridized carbons (Fsp3) is 0.355. The Hall–Kier alpha value is -4.12. The topological polar surface area (TPSA) is 105 Å². The Balaban J connectivity index is 2.05. The van der Waals surface area contributed by atoms with Crippen molar-refractivity contribution >= 4 is 27.5 Å². The van der Waals surface area contributed by atoms with Gasteiger partial charge in [0.25, 0.3) is 10.0 Å². The molecule has 0 aliphatic rings. The summed E-state index contributed by atoms with van der Waals surface area (Å²) >= 11 is 0. The number of hydrogen-bond donors (Lipinski definition) is 1. The van der Waals surface area contributed by atoms with Crippen molar-refractivity contribution in [1.29, 1.82) is 0 Å². The SMILES string of the molecule is CCOc1ccc(N(CC(=O)N(Cc2cccc(OC)c2)[C@H](C)C(=O)NC(C)(C)C)S(=O)(=O)c2ccc(F)cc2)cc1. The van der Waals surface area contributed by atoms with E-state index in [0.29, 0.717) is 23.7 Å². The quantitative estimate of drug-likeness (QED) is 0.322. The van der Waals surface area contributed by atoms with Gasteiger partial charge in [-0.25, -0.2) is 12.8 Å². The molecule has 2 amide bonds. The molecule has 0 saturated heterocycles. The van der Waals surface area contributed by atoms with E-state index >= 15 is 0 Å². The van der Waals surface area contributed by atoms with E-state index in [1.54, 1.807) is 43.3 Å². The number of carbonyl (C=O) groups is 2. The lowest BCUT2D eigenvalue weighted by Crippen LogP contribution is -2.54. The summed E-state index contributed by atoms with van der Waals surface area (Å²) in [5, 5.41) is 2.89. The molecule has 0 heterocycles. The van der Waals surface area contributed by atoms with Gasteiger partial charge < -0.3 is 19.7 Å². The molecule has 0 fully saturated rings. The van der Waals surface area contributed by atoms with Crippen molar-refractivity contribution in [2.75, 3.05) is 24.6 Å². The Morgan fingerprint density at radius 1 is 0.976 bits per heavy atom. The number of amides is 2. The van der Waals surface area contributed by atoms with Gasteiger partial charge in [0.05, 0.1) is 24.3 Å². The van der Waals surface area contributed by atoms with Crippen molar-refractivity contribution < 1.29 is 31.9 Å². The first-order valence-electron chi connectivity index (χ1n) is 13.5. The Morgan fingerprint density at radius 3 is 2.19 bits per heavy atom. The van der Waals surface area contributed by atoms with Gasteiger partial charge in [-0.05, 0) is 101 Å². The monoisotopic (exact) mass is 599 g/mol. The molecule has 226 valence electrons. The summed E-state index contributed by atoms with van der Waals surface area (Å²) in [5.41, 5.74) is 0.326. The van der Waals surface area contributed by atoms with Crippen molar-refractivity contribution in [3.63, 3.8) is 0 Å². The Bertz CT molecular complexity index is 1470. The fourth-order valence-corrected chi connectivity index (χ4v) is 5.58. The van der Waals surface area contributed by atoms with Crippen LogP contribution < -0.4 is 19.1 Å². The fourth-order valence-electron chi connectivity index (χ4n) is 4.16. The average Bonchev–Trinajstić information content (AvgIpc) is 2.94. The second-order valence-electron chi connectivity index (χ2n) is 10.7. The van der Waals surface area contributed by atoms with Crippen LogP contribution in [0.5, 0.6) is 11.5 Å². The maximum absolute atomic E-state index is 14.0. The van der Waals surface area contributed by atoms with E-state index in [1.165, 1.54) is 24.1 Å². The van der Waals surface area contributed by atoms with E-state index in [2.05, 4.69) is 5.32 Å². The molecule has 0 radical (unpaired) electrons. The summed E-state index contributed by atoms with van der Waals surface area (Å²) in [7, 11) is -2.80. The van der Waals surface area contributed by atoms with Crippen molar-refractivity contribution in [2.45, 2.75) is 57.6 Å². The van der Waals surface area contributed by atoms with Gasteiger partial charge >= 0.3 is 0 Å². The number of benzene rings is 3. The third-order valence-electron chi connectivity index (χ3n) is 6.27. The van der Waals surface area contributed by atoms with Crippen LogP contribution in [0.25, 0.3) is 0 Å². The highest BCUT2D eigenvalue weighted by atomic mass is 32.2. The predicted octanol–water partition coefficient (Wildman–Crippen LogP) is 4.76. The number of halogens is 1. The standard InChI is InChI=1S/C31H38FN3O6S/c1-7-41-26-15-13-25(14-16-26)35(42(38,39)28-17-11-24(32)12-18-28)21-29(36)34(22(2)30(37)33-31(3,4)5)20-23-9-8-10-27(19-23)40-6/h8-19,22H,7,20-21H2,1-6H3,(H,33,37)/t22-/m1/s1. The molecule has 3 aromatic rings. The van der Waals surface area contributed by atoms with E-state index in [9.17, 15) is 22.4 Å². The summed E-state index contributed by atoms with van der Waals surface area (Å²) in [4.78, 5) is 28.4. The summed E-state index contributed by atoms with van der Waals surface area (Å²) in [5.74, 6) is -0.511. The highest BCUT2D eigenvalue weighted by Crippen LogP contribution is 2.27. The Morgan fingerprint density at radius 2 is 1.62 bits per heavy atom. The number of nitrogens with zero attached hydrogens (tertiary/aromatic N) is 2. The van der Waals surface area contributed by atoms with Crippen molar-refractivity contribution in [3.05, 3.63) is 84.2 Å². The maximum atomic E-state index is 14.0. The van der Waals surface area contributed by atoms with Crippen LogP contribution in [0.4, 0.5) is 10.1 Å². The number of nitrogens with one attached hydrogen (secondary N) is 1. The van der Waals surface area contributed by atoms with Crippen molar-refractivity contribution in [2.24, 2.45) is 0 Å². The van der Waals surface area contributed by atoms with Gasteiger partial charge in [-0.1, -0.05) is 12.1 Å². The average molecular weight is 600 g/mol. The zero-order valence-electron chi connectivity index (χ0n) is 24.8. The summed E-state index contributed by atoms with van der Waals surface area (Å²) < 4.78 is 53.1. The smallest absolute Gasteiger partial charge is 0.264 e. The third kappa shape index (κ3) is 8.45. The van der Waals surface area contributed by atoms with Gasteiger partial charge in [0.1, 0.15) is 29.9 Å². The van der Waals surface area contributed by atoms with Gasteiger partial charge in [0.15, 0.2) is 0 Å². The first-order valence-corrected chi connectivity index (χ1v) is 14.9. The highest BCUT2D eigenvalue weighted by Gasteiger charge is 2.33. The van der Waals surface area contributed by atoms with E-state index < -0.39 is 45.8 Å². The molecule has 0 spiro atoms. The molecule has 3 rings (SSSR count). The van der Waals surface area contributed by atoms with E-state index in [-0.39, 0.29) is 17.1 Å². The number of rotatable bonds is 12. The van der Waals surface area contributed by atoms with Gasteiger partial charge in [-0.15, -0.1) is 0 Å². The Kier molecular flexibility index (Phi) is 10.6. The van der Waals surface area contributed by atoms with Crippen LogP contribution in [0.3, 0.4) is 0 Å². The number of methoxy groups -OCH3 is 1. The van der Waals surface area contributed by atoms with Crippen LogP contribution in [-0.2, 0) is 26.2 Å². The molecule has 3 aromatic carbocycles. The number of sulfonamides is 1. The number of hydrogen-bond acceptors (Lipinski definition) is 6. The van der Waals surface area contributed by atoms with Crippen LogP contribution in [0.1, 0.15) is 40.2 Å². The minimum atomic E-state index is -4.33. The van der Waals surface area contributed by atoms with Crippen molar-refractivity contribution in [1.82, 2.24) is 10.2 Å². The zero-order chi connectivity index (χ0) is 31.1. The van der Waals surface area contributed by atoms with Crippen LogP contribution >= 0.6 is 0 Å². The normalized spacial score (nSPS) is 12.3. The molecule has 9 nitrogen and oxygen atoms in total. The predicted molar refractivity (Wildman–Crippen MR) is 159 cm³/mol. The molecule has 0 saturated carbocycles. The molecule has 42 heavy (non-hydrogen) atoms. The molecule has 1 atom stereocenters. The van der Waals surface area contributed by atoms with Crippen LogP contribution in [0, 0.1) is 5.82 Å². The Labute approximate surface area is 247 Å². The minimum absolute atomic E-state index is 0.0163. The van der Waals surface area contributed by atoms with E-state index in [4.69, 9.17) is 9.47 Å². The zero-order valence-corrected chi connectivity index (χ0v) is 25.6. The summed E-state index contributed by atoms with van der Waals surface area (Å²) in [6, 6.07) is 16.7. The number of anilines is 1. The summed E-state index contributed by atoms with van der Waals surface area (Å²) in [6.45, 7) is 8.72. The third-order valence-corrected chi connectivity index (χ3v) is 8.06. The van der Waals surface area contributed by atoms with E-state index in [0.717, 1.165) is 28.6 Å². The number of ether oxygens (including phenoxy) is 2. The van der Waals surface area contributed by atoms with Gasteiger partial charge in [-0.2, -0.15) is 0 Å². The molecule has 0 aliphatic carbocycles. The minimum Gasteiger partial charge on any atom is -0.497 e. The van der Waals surface area contributed by atoms with Crippen molar-refractivity contribution in [3.8, 4) is 11.5 Å². The molecule has 11 heteroatoms. The molecule has 0 aromatic heterocycles. The molecule has 0 unspecified atom stereocenters. The molecule has 0 aliphatic heterocycles. The maximum Gasteiger partial charge on any atom is 0.264 e. The highest BCUT2D eigenvalue weighted by molar-refractivity contribution is 7.92. The molecule has 0 bridgehead atoms. The van der Waals surface area contributed by atoms with Crippen LogP contribution in [0.15, 0.2) is 77.7 Å². The van der Waals surface area contributed by atoms with E-state index in [1.807, 2.05) is 27.7 Å². The van der Waals surface area contributed by atoms with Crippen LogP contribution in [0.2, 0.25) is 0 Å². The van der Waals surface area contributed by atoms with Crippen LogP contribution in [-0.4, -0.2) is 57.0 Å². The van der Waals surface area contributed by atoms with Gasteiger partial charge in [0, 0.05) is 12.1 Å². The number of carbonyl (C=O) groups excluding carboxylic acids is 2. The first kappa shape index (κ1) is 32.4. The largest absolute Gasteiger partial charge is 0.497 e. The first-order chi connectivity index (χ1) is 19.7. The lowest BCUT2D eigenvalue weighted by molar-refractivity contribution is -0.140. The van der Waals surface area contributed by atoms with Gasteiger partial charge in [0.2, 0.25) is 11.8 Å². The van der Waals surface area contributed by atoms with Gasteiger partial charge in [-0.3, -0.25) is 13.9 Å². The second-order valence-corrected chi connectivity index (χ2v) is 12.5. The summed E-state index contributed by atoms with van der Waals surface area (Å²) in [6.07, 6.45) is 0. The molecular weight excluding hydrogens is 561 g/mol. The lowest BCUT2D eigenvalue weighted by Gasteiger charge is -2.33. The lowest BCUT2D eigenvalue weighted by atomic mass is 10.1.